The smallest absolute Gasteiger partial charge is 0.252 e. The Bertz CT molecular complexity index is 679. The van der Waals surface area contributed by atoms with Crippen LogP contribution in [-0.2, 0) is 6.54 Å². The van der Waals surface area contributed by atoms with Gasteiger partial charge in [-0.3, -0.25) is 4.79 Å². The summed E-state index contributed by atoms with van der Waals surface area (Å²) in [4.78, 5) is 12.3. The Morgan fingerprint density at radius 3 is 2.86 bits per heavy atom. The molecule has 0 heterocycles. The summed E-state index contributed by atoms with van der Waals surface area (Å²) < 4.78 is 7.01. The summed E-state index contributed by atoms with van der Waals surface area (Å²) in [5.41, 5.74) is 1.35. The van der Waals surface area contributed by atoms with E-state index in [0.29, 0.717) is 22.9 Å². The van der Waals surface area contributed by atoms with E-state index in [1.165, 1.54) is 0 Å². The second kappa shape index (κ2) is 7.47. The Morgan fingerprint density at radius 1 is 1.38 bits per heavy atom. The van der Waals surface area contributed by atoms with Gasteiger partial charge in [-0.15, -0.1) is 0 Å². The number of methoxy groups -OCH3 is 1. The van der Waals surface area contributed by atoms with Gasteiger partial charge < -0.3 is 10.1 Å². The first-order chi connectivity index (χ1) is 10.0. The fourth-order valence-electron chi connectivity index (χ4n) is 1.84. The minimum Gasteiger partial charge on any atom is -0.496 e. The third-order valence-corrected chi connectivity index (χ3v) is 4.61. The molecule has 21 heavy (non-hydrogen) atoms. The number of ether oxygens (including phenoxy) is 1. The molecule has 0 aromatic heterocycles. The fraction of sp³-hybridized carbons (Fsp3) is 0.133. The molecule has 6 heteroatoms. The van der Waals surface area contributed by atoms with Crippen molar-refractivity contribution >= 4 is 56.0 Å². The van der Waals surface area contributed by atoms with Crippen molar-refractivity contribution in [1.29, 1.82) is 0 Å². The Balaban J connectivity index is 2.17. The maximum atomic E-state index is 12.3. The maximum absolute atomic E-state index is 12.3. The Hall–Kier alpha value is -0.790. The summed E-state index contributed by atoms with van der Waals surface area (Å²) in [6, 6.07) is 11.0. The summed E-state index contributed by atoms with van der Waals surface area (Å²) in [7, 11) is 1.58. The summed E-state index contributed by atoms with van der Waals surface area (Å²) >= 11 is 11.7. The predicted octanol–water partition coefficient (Wildman–Crippen LogP) is 4.65. The quantitative estimate of drug-likeness (QED) is 0.648. The highest BCUT2D eigenvalue weighted by molar-refractivity contribution is 14.1. The highest BCUT2D eigenvalue weighted by Crippen LogP contribution is 2.26. The molecule has 2 rings (SSSR count). The lowest BCUT2D eigenvalue weighted by atomic mass is 10.1. The SMILES string of the molecule is COc1cccc(Cl)c1CNC(=O)c1cc(I)ccc1Br. The molecule has 1 amide bonds. The normalized spacial score (nSPS) is 10.3. The minimum absolute atomic E-state index is 0.164. The fourth-order valence-corrected chi connectivity index (χ4v) is 2.99. The summed E-state index contributed by atoms with van der Waals surface area (Å²) in [6.07, 6.45) is 0. The molecule has 0 spiro atoms. The third-order valence-electron chi connectivity index (χ3n) is 2.89. The van der Waals surface area contributed by atoms with Crippen LogP contribution in [0, 0.1) is 3.57 Å². The van der Waals surface area contributed by atoms with Crippen molar-refractivity contribution in [2.45, 2.75) is 6.54 Å². The van der Waals surface area contributed by atoms with E-state index >= 15 is 0 Å². The van der Waals surface area contributed by atoms with E-state index in [-0.39, 0.29) is 5.91 Å². The first kappa shape index (κ1) is 16.6. The van der Waals surface area contributed by atoms with Crippen LogP contribution in [0.25, 0.3) is 0 Å². The largest absolute Gasteiger partial charge is 0.496 e. The molecule has 0 atom stereocenters. The van der Waals surface area contributed by atoms with Gasteiger partial charge in [-0.2, -0.15) is 0 Å². The maximum Gasteiger partial charge on any atom is 0.252 e. The van der Waals surface area contributed by atoms with Crippen molar-refractivity contribution in [1.82, 2.24) is 5.32 Å². The third kappa shape index (κ3) is 4.11. The Morgan fingerprint density at radius 2 is 2.14 bits per heavy atom. The number of hydrogen-bond acceptors (Lipinski definition) is 2. The van der Waals surface area contributed by atoms with Crippen LogP contribution in [0.5, 0.6) is 5.75 Å². The number of carbonyl (C=O) groups excluding carboxylic acids is 1. The van der Waals surface area contributed by atoms with E-state index in [1.807, 2.05) is 30.3 Å². The van der Waals surface area contributed by atoms with Gasteiger partial charge in [-0.1, -0.05) is 17.7 Å². The topological polar surface area (TPSA) is 38.3 Å². The summed E-state index contributed by atoms with van der Waals surface area (Å²) in [5, 5.41) is 3.43. The number of nitrogens with one attached hydrogen (secondary N) is 1. The van der Waals surface area contributed by atoms with Gasteiger partial charge in [0.2, 0.25) is 0 Å². The highest BCUT2D eigenvalue weighted by atomic mass is 127. The molecule has 0 saturated heterocycles. The van der Waals surface area contributed by atoms with Gasteiger partial charge in [0.05, 0.1) is 12.7 Å². The number of benzene rings is 2. The Kier molecular flexibility index (Phi) is 5.89. The molecule has 0 aliphatic rings. The zero-order chi connectivity index (χ0) is 15.4. The molecule has 0 radical (unpaired) electrons. The lowest BCUT2D eigenvalue weighted by Crippen LogP contribution is -2.23. The van der Waals surface area contributed by atoms with Crippen molar-refractivity contribution in [2.24, 2.45) is 0 Å². The summed E-state index contributed by atoms with van der Waals surface area (Å²) in [5.74, 6) is 0.492. The number of rotatable bonds is 4. The predicted molar refractivity (Wildman–Crippen MR) is 96.0 cm³/mol. The number of amides is 1. The molecule has 2 aromatic carbocycles. The molecule has 0 aliphatic heterocycles. The van der Waals surface area contributed by atoms with E-state index in [2.05, 4.69) is 43.8 Å². The van der Waals surface area contributed by atoms with Crippen LogP contribution in [0.3, 0.4) is 0 Å². The molecular formula is C15H12BrClINO2. The molecule has 0 fully saturated rings. The molecule has 0 aliphatic carbocycles. The van der Waals surface area contributed by atoms with E-state index in [0.717, 1.165) is 13.6 Å². The molecule has 3 nitrogen and oxygen atoms in total. The molecule has 0 bridgehead atoms. The van der Waals surface area contributed by atoms with Gasteiger partial charge in [0, 0.05) is 25.2 Å². The second-order valence-corrected chi connectivity index (χ2v) is 6.73. The van der Waals surface area contributed by atoms with Crippen LogP contribution in [0.1, 0.15) is 15.9 Å². The van der Waals surface area contributed by atoms with E-state index < -0.39 is 0 Å². The molecule has 0 saturated carbocycles. The van der Waals surface area contributed by atoms with Crippen LogP contribution in [0.4, 0.5) is 0 Å². The average Bonchev–Trinajstić information content (AvgIpc) is 2.47. The van der Waals surface area contributed by atoms with Gasteiger partial charge in [-0.25, -0.2) is 0 Å². The van der Waals surface area contributed by atoms with E-state index in [1.54, 1.807) is 13.2 Å². The zero-order valence-electron chi connectivity index (χ0n) is 11.1. The lowest BCUT2D eigenvalue weighted by molar-refractivity contribution is 0.0950. The average molecular weight is 481 g/mol. The van der Waals surface area contributed by atoms with Crippen LogP contribution in [0.2, 0.25) is 5.02 Å². The molecular weight excluding hydrogens is 468 g/mol. The molecule has 1 N–H and O–H groups in total. The van der Waals surface area contributed by atoms with Gasteiger partial charge in [0.25, 0.3) is 5.91 Å². The monoisotopic (exact) mass is 479 g/mol. The number of hydrogen-bond donors (Lipinski definition) is 1. The van der Waals surface area contributed by atoms with Crippen molar-refractivity contribution in [3.8, 4) is 5.75 Å². The first-order valence-electron chi connectivity index (χ1n) is 6.07. The van der Waals surface area contributed by atoms with Gasteiger partial charge in [0.1, 0.15) is 5.75 Å². The van der Waals surface area contributed by atoms with Crippen molar-refractivity contribution in [2.75, 3.05) is 7.11 Å². The van der Waals surface area contributed by atoms with Crippen LogP contribution >= 0.6 is 50.1 Å². The molecule has 2 aromatic rings. The van der Waals surface area contributed by atoms with E-state index in [9.17, 15) is 4.79 Å². The first-order valence-corrected chi connectivity index (χ1v) is 8.32. The second-order valence-electron chi connectivity index (χ2n) is 4.23. The van der Waals surface area contributed by atoms with E-state index in [4.69, 9.17) is 16.3 Å². The zero-order valence-corrected chi connectivity index (χ0v) is 15.6. The lowest BCUT2D eigenvalue weighted by Gasteiger charge is -2.12. The van der Waals surface area contributed by atoms with Gasteiger partial charge >= 0.3 is 0 Å². The standard InChI is InChI=1S/C15H12BrClINO2/c1-21-14-4-2-3-13(17)11(14)8-19-15(20)10-7-9(18)5-6-12(10)16/h2-7H,8H2,1H3,(H,19,20). The van der Waals surface area contributed by atoms with Crippen LogP contribution < -0.4 is 10.1 Å². The number of halogens is 3. The van der Waals surface area contributed by atoms with Crippen molar-refractivity contribution in [3.63, 3.8) is 0 Å². The highest BCUT2D eigenvalue weighted by Gasteiger charge is 2.13. The number of carbonyl (C=O) groups is 1. The van der Waals surface area contributed by atoms with Gasteiger partial charge in [0.15, 0.2) is 0 Å². The van der Waals surface area contributed by atoms with Crippen molar-refractivity contribution in [3.05, 3.63) is 60.6 Å². The molecule has 110 valence electrons. The summed E-state index contributed by atoms with van der Waals surface area (Å²) in [6.45, 7) is 0.305. The van der Waals surface area contributed by atoms with Gasteiger partial charge in [-0.05, 0) is 68.9 Å². The van der Waals surface area contributed by atoms with Crippen molar-refractivity contribution < 1.29 is 9.53 Å². The van der Waals surface area contributed by atoms with Crippen LogP contribution in [-0.4, -0.2) is 13.0 Å². The minimum atomic E-state index is -0.164. The Labute approximate surface area is 150 Å². The molecule has 0 unspecified atom stereocenters. The van der Waals surface area contributed by atoms with Crippen LogP contribution in [0.15, 0.2) is 40.9 Å².